The highest BCUT2D eigenvalue weighted by molar-refractivity contribution is 5.23. The summed E-state index contributed by atoms with van der Waals surface area (Å²) in [4.78, 5) is 0. The first-order valence-electron chi connectivity index (χ1n) is 4.46. The second-order valence-electron chi connectivity index (χ2n) is 4.48. The molecule has 0 aliphatic heterocycles. The monoisotopic (exact) mass is 152 g/mol. The van der Waals surface area contributed by atoms with Crippen LogP contribution in [0.5, 0.6) is 0 Å². The number of hydrogen-bond acceptors (Lipinski definition) is 1. The van der Waals surface area contributed by atoms with E-state index in [0.29, 0.717) is 11.3 Å². The van der Waals surface area contributed by atoms with Crippen LogP contribution in [-0.4, -0.2) is 11.7 Å². The minimum atomic E-state index is 0.279. The minimum absolute atomic E-state index is 0.279. The fraction of sp³-hybridized carbons (Fsp3) is 0.800. The molecule has 1 unspecified atom stereocenters. The van der Waals surface area contributed by atoms with Gasteiger partial charge in [0.25, 0.3) is 0 Å². The maximum absolute atomic E-state index is 9.05. The maximum Gasteiger partial charge on any atom is 0.0644 e. The van der Waals surface area contributed by atoms with Gasteiger partial charge in [-0.1, -0.05) is 19.9 Å². The second kappa shape index (κ2) is 2.10. The van der Waals surface area contributed by atoms with Crippen molar-refractivity contribution in [2.24, 2.45) is 17.3 Å². The van der Waals surface area contributed by atoms with Gasteiger partial charge < -0.3 is 5.11 Å². The molecule has 0 aromatic heterocycles. The van der Waals surface area contributed by atoms with Crippen molar-refractivity contribution in [1.82, 2.24) is 0 Å². The smallest absolute Gasteiger partial charge is 0.0644 e. The van der Waals surface area contributed by atoms with E-state index in [0.717, 1.165) is 5.92 Å². The number of fused-ring (bicyclic) bond motifs is 1. The minimum Gasteiger partial charge on any atom is -0.392 e. The number of rotatable bonds is 1. The van der Waals surface area contributed by atoms with Gasteiger partial charge in [-0.25, -0.2) is 0 Å². The molecule has 1 nitrogen and oxygen atoms in total. The molecular weight excluding hydrogens is 136 g/mol. The van der Waals surface area contributed by atoms with Gasteiger partial charge >= 0.3 is 0 Å². The van der Waals surface area contributed by atoms with Crippen molar-refractivity contribution >= 4 is 0 Å². The van der Waals surface area contributed by atoms with Gasteiger partial charge in [-0.05, 0) is 35.7 Å². The Balaban J connectivity index is 2.23. The molecular formula is C10H16O. The van der Waals surface area contributed by atoms with Crippen LogP contribution in [0.2, 0.25) is 0 Å². The molecule has 1 N–H and O–H groups in total. The van der Waals surface area contributed by atoms with Crippen LogP contribution in [-0.2, 0) is 0 Å². The van der Waals surface area contributed by atoms with Crippen LogP contribution in [0, 0.1) is 17.3 Å². The molecule has 0 amide bonds. The number of allylic oxidation sites excluding steroid dienone is 1. The van der Waals surface area contributed by atoms with Crippen molar-refractivity contribution in [3.8, 4) is 0 Å². The van der Waals surface area contributed by atoms with Gasteiger partial charge in [-0.15, -0.1) is 0 Å². The third-order valence-corrected chi connectivity index (χ3v) is 3.77. The summed E-state index contributed by atoms with van der Waals surface area (Å²) >= 11 is 0. The standard InChI is InChI=1S/C10H16O/c1-10(2)8-4-3-7(6-11)9(10)5-8/h3,8-9,11H,4-6H2,1-2H3/t8-,9?/m0/s1. The van der Waals surface area contributed by atoms with E-state index in [1.54, 1.807) is 0 Å². The molecule has 2 atom stereocenters. The molecule has 3 aliphatic rings. The van der Waals surface area contributed by atoms with Crippen molar-refractivity contribution in [2.45, 2.75) is 26.7 Å². The van der Waals surface area contributed by atoms with Gasteiger partial charge in [0, 0.05) is 0 Å². The summed E-state index contributed by atoms with van der Waals surface area (Å²) in [5.41, 5.74) is 1.77. The Morgan fingerprint density at radius 2 is 2.36 bits per heavy atom. The summed E-state index contributed by atoms with van der Waals surface area (Å²) in [5.74, 6) is 1.58. The SMILES string of the molecule is CC1(C)C2C[C@@H]1CC=C2CO. The third-order valence-electron chi connectivity index (χ3n) is 3.77. The van der Waals surface area contributed by atoms with E-state index in [4.69, 9.17) is 5.11 Å². The van der Waals surface area contributed by atoms with Gasteiger partial charge in [-0.3, -0.25) is 0 Å². The fourth-order valence-corrected chi connectivity index (χ4v) is 2.66. The van der Waals surface area contributed by atoms with Crippen LogP contribution in [0.3, 0.4) is 0 Å². The van der Waals surface area contributed by atoms with Crippen molar-refractivity contribution in [1.29, 1.82) is 0 Å². The van der Waals surface area contributed by atoms with Crippen LogP contribution in [0.4, 0.5) is 0 Å². The lowest BCUT2D eigenvalue weighted by Crippen LogP contribution is -2.48. The Labute approximate surface area is 68.1 Å². The highest BCUT2D eigenvalue weighted by atomic mass is 16.3. The molecule has 0 aromatic rings. The Morgan fingerprint density at radius 3 is 2.73 bits per heavy atom. The molecule has 0 heterocycles. The average Bonchev–Trinajstić information content (AvgIpc) is 2.04. The zero-order chi connectivity index (χ0) is 8.06. The van der Waals surface area contributed by atoms with E-state index in [-0.39, 0.29) is 6.61 Å². The van der Waals surface area contributed by atoms with Crippen molar-refractivity contribution in [3.05, 3.63) is 11.6 Å². The molecule has 0 aromatic carbocycles. The van der Waals surface area contributed by atoms with E-state index < -0.39 is 0 Å². The largest absolute Gasteiger partial charge is 0.392 e. The predicted octanol–water partition coefficient (Wildman–Crippen LogP) is 1.97. The first-order chi connectivity index (χ1) is 5.16. The fourth-order valence-electron chi connectivity index (χ4n) is 2.66. The molecule has 62 valence electrons. The van der Waals surface area contributed by atoms with Crippen molar-refractivity contribution in [2.75, 3.05) is 6.61 Å². The topological polar surface area (TPSA) is 20.2 Å². The zero-order valence-electron chi connectivity index (χ0n) is 7.30. The van der Waals surface area contributed by atoms with Crippen LogP contribution in [0.25, 0.3) is 0 Å². The Hall–Kier alpha value is -0.300. The number of aliphatic hydroxyl groups excluding tert-OH is 1. The predicted molar refractivity (Wildman–Crippen MR) is 45.2 cm³/mol. The Bertz CT molecular complexity index is 203. The van der Waals surface area contributed by atoms with Gasteiger partial charge in [0.05, 0.1) is 6.61 Å². The first kappa shape index (κ1) is 7.35. The van der Waals surface area contributed by atoms with Crippen molar-refractivity contribution < 1.29 is 5.11 Å². The summed E-state index contributed by atoms with van der Waals surface area (Å²) in [7, 11) is 0. The molecule has 0 radical (unpaired) electrons. The number of hydrogen-bond donors (Lipinski definition) is 1. The summed E-state index contributed by atoms with van der Waals surface area (Å²) in [6.07, 6.45) is 4.75. The lowest BCUT2D eigenvalue weighted by molar-refractivity contribution is -0.0125. The van der Waals surface area contributed by atoms with E-state index in [1.807, 2.05) is 0 Å². The molecule has 3 aliphatic carbocycles. The highest BCUT2D eigenvalue weighted by Crippen LogP contribution is 2.58. The van der Waals surface area contributed by atoms with Crippen LogP contribution >= 0.6 is 0 Å². The molecule has 2 bridgehead atoms. The molecule has 1 saturated carbocycles. The third kappa shape index (κ3) is 0.807. The van der Waals surface area contributed by atoms with E-state index in [2.05, 4.69) is 19.9 Å². The summed E-state index contributed by atoms with van der Waals surface area (Å²) in [6.45, 7) is 4.93. The van der Waals surface area contributed by atoms with E-state index in [1.165, 1.54) is 18.4 Å². The van der Waals surface area contributed by atoms with Crippen LogP contribution in [0.15, 0.2) is 11.6 Å². The quantitative estimate of drug-likeness (QED) is 0.569. The highest BCUT2D eigenvalue weighted by Gasteiger charge is 2.50. The first-order valence-corrected chi connectivity index (χ1v) is 4.46. The zero-order valence-corrected chi connectivity index (χ0v) is 7.30. The second-order valence-corrected chi connectivity index (χ2v) is 4.48. The Kier molecular flexibility index (Phi) is 1.40. The van der Waals surface area contributed by atoms with Gasteiger partial charge in [0.2, 0.25) is 0 Å². The molecule has 11 heavy (non-hydrogen) atoms. The lowest BCUT2D eigenvalue weighted by Gasteiger charge is -2.56. The molecule has 0 saturated heterocycles. The average molecular weight is 152 g/mol. The van der Waals surface area contributed by atoms with Crippen molar-refractivity contribution in [3.63, 3.8) is 0 Å². The molecule has 3 rings (SSSR count). The summed E-state index contributed by atoms with van der Waals surface area (Å²) in [5, 5.41) is 9.05. The van der Waals surface area contributed by atoms with Gasteiger partial charge in [0.15, 0.2) is 0 Å². The van der Waals surface area contributed by atoms with Gasteiger partial charge in [-0.2, -0.15) is 0 Å². The maximum atomic E-state index is 9.05. The summed E-state index contributed by atoms with van der Waals surface area (Å²) in [6, 6.07) is 0. The normalized spacial score (nSPS) is 39.4. The van der Waals surface area contributed by atoms with Gasteiger partial charge in [0.1, 0.15) is 0 Å². The lowest BCUT2D eigenvalue weighted by atomic mass is 9.49. The molecule has 0 spiro atoms. The molecule has 1 heteroatoms. The van der Waals surface area contributed by atoms with Crippen LogP contribution < -0.4 is 0 Å². The van der Waals surface area contributed by atoms with E-state index >= 15 is 0 Å². The Morgan fingerprint density at radius 1 is 1.64 bits per heavy atom. The molecule has 1 fully saturated rings. The van der Waals surface area contributed by atoms with E-state index in [9.17, 15) is 0 Å². The summed E-state index contributed by atoms with van der Waals surface area (Å²) < 4.78 is 0. The number of aliphatic hydroxyl groups is 1. The van der Waals surface area contributed by atoms with Crippen LogP contribution in [0.1, 0.15) is 26.7 Å².